The summed E-state index contributed by atoms with van der Waals surface area (Å²) in [5, 5.41) is 11.1. The molecule has 0 N–H and O–H groups in total. The molecule has 0 aromatic carbocycles. The molecule has 0 radical (unpaired) electrons. The van der Waals surface area contributed by atoms with Crippen LogP contribution in [0.25, 0.3) is 0 Å². The Morgan fingerprint density at radius 2 is 2.12 bits per heavy atom. The minimum absolute atomic E-state index is 0.113. The summed E-state index contributed by atoms with van der Waals surface area (Å²) < 4.78 is 6.45. The van der Waals surface area contributed by atoms with Crippen LogP contribution in [0.1, 0.15) is 17.3 Å². The first kappa shape index (κ1) is 16.8. The Morgan fingerprint density at radius 3 is 2.75 bits per heavy atom. The molecule has 126 valence electrons. The predicted molar refractivity (Wildman–Crippen MR) is 92.3 cm³/mol. The molecular weight excluding hydrogens is 346 g/mol. The van der Waals surface area contributed by atoms with Crippen LogP contribution in [0.5, 0.6) is 0 Å². The van der Waals surface area contributed by atoms with Gasteiger partial charge in [0, 0.05) is 44.2 Å². The van der Waals surface area contributed by atoms with Crippen LogP contribution in [0.15, 0.2) is 14.1 Å². The van der Waals surface area contributed by atoms with Crippen LogP contribution in [-0.4, -0.2) is 52.7 Å². The van der Waals surface area contributed by atoms with Gasteiger partial charge in [0.1, 0.15) is 6.07 Å². The molecule has 7 nitrogen and oxygen atoms in total. The number of thioether (sulfide) groups is 1. The molecule has 1 aliphatic rings. The second kappa shape index (κ2) is 7.23. The Bertz CT molecular complexity index is 771. The third-order valence-electron chi connectivity index (χ3n) is 3.66. The van der Waals surface area contributed by atoms with E-state index in [1.165, 1.54) is 11.8 Å². The van der Waals surface area contributed by atoms with E-state index < -0.39 is 0 Å². The van der Waals surface area contributed by atoms with Gasteiger partial charge in [0.15, 0.2) is 10.2 Å². The Balaban J connectivity index is 1.53. The van der Waals surface area contributed by atoms with Gasteiger partial charge >= 0.3 is 0 Å². The van der Waals surface area contributed by atoms with Crippen molar-refractivity contribution in [2.75, 3.05) is 36.8 Å². The number of nitrogens with zero attached hydrogens (tertiary/aromatic N) is 5. The number of hydrogen-bond donors (Lipinski definition) is 0. The Kier molecular flexibility index (Phi) is 5.06. The van der Waals surface area contributed by atoms with E-state index in [9.17, 15) is 4.79 Å². The fourth-order valence-corrected chi connectivity index (χ4v) is 4.23. The van der Waals surface area contributed by atoms with Gasteiger partial charge in [-0.1, -0.05) is 11.8 Å². The number of rotatable bonds is 4. The highest BCUT2D eigenvalue weighted by Gasteiger charge is 2.25. The molecule has 2 aromatic heterocycles. The summed E-state index contributed by atoms with van der Waals surface area (Å²) in [7, 11) is 0. The van der Waals surface area contributed by atoms with Crippen molar-refractivity contribution >= 4 is 34.9 Å². The third kappa shape index (κ3) is 3.71. The van der Waals surface area contributed by atoms with Gasteiger partial charge in [0.05, 0.1) is 5.75 Å². The van der Waals surface area contributed by atoms with Gasteiger partial charge in [-0.2, -0.15) is 5.26 Å². The van der Waals surface area contributed by atoms with Crippen molar-refractivity contribution in [1.29, 1.82) is 5.26 Å². The first-order valence-electron chi connectivity index (χ1n) is 7.52. The highest BCUT2D eigenvalue weighted by atomic mass is 32.2. The largest absolute Gasteiger partial charge is 0.424 e. The van der Waals surface area contributed by atoms with Gasteiger partial charge in [0.2, 0.25) is 17.5 Å². The minimum atomic E-state index is 0.113. The summed E-state index contributed by atoms with van der Waals surface area (Å²) in [6, 6.07) is 2.05. The van der Waals surface area contributed by atoms with E-state index in [-0.39, 0.29) is 5.91 Å². The van der Waals surface area contributed by atoms with E-state index >= 15 is 0 Å². The standard InChI is InChI=1S/C15H17N5O2S2/c1-10-8-23-15(17-10)24-9-13(21)19-3-5-20(6-4-19)14-12(7-16)18-11(2)22-14/h8H,3-6,9H2,1-2H3. The van der Waals surface area contributed by atoms with Crippen LogP contribution in [0, 0.1) is 25.2 Å². The topological polar surface area (TPSA) is 86.3 Å². The maximum absolute atomic E-state index is 12.3. The average molecular weight is 363 g/mol. The second-order valence-corrected chi connectivity index (χ2v) is 7.49. The molecule has 0 spiro atoms. The highest BCUT2D eigenvalue weighted by Crippen LogP contribution is 2.24. The molecule has 1 saturated heterocycles. The summed E-state index contributed by atoms with van der Waals surface area (Å²) in [6.07, 6.45) is 0. The molecular formula is C15H17N5O2S2. The van der Waals surface area contributed by atoms with E-state index in [2.05, 4.69) is 16.0 Å². The van der Waals surface area contributed by atoms with Crippen molar-refractivity contribution in [3.63, 3.8) is 0 Å². The Morgan fingerprint density at radius 1 is 1.38 bits per heavy atom. The number of oxazole rings is 1. The molecule has 0 bridgehead atoms. The van der Waals surface area contributed by atoms with Crippen LogP contribution >= 0.6 is 23.1 Å². The summed E-state index contributed by atoms with van der Waals surface area (Å²) >= 11 is 3.05. The maximum Gasteiger partial charge on any atom is 0.234 e. The van der Waals surface area contributed by atoms with E-state index in [0.29, 0.717) is 49.4 Å². The Hall–Kier alpha value is -2.05. The summed E-state index contributed by atoms with van der Waals surface area (Å²) in [5.41, 5.74) is 1.29. The monoisotopic (exact) mass is 363 g/mol. The van der Waals surface area contributed by atoms with Gasteiger partial charge in [-0.15, -0.1) is 11.3 Å². The quantitative estimate of drug-likeness (QED) is 0.769. The van der Waals surface area contributed by atoms with Gasteiger partial charge in [-0.25, -0.2) is 9.97 Å². The molecule has 1 amide bonds. The zero-order valence-corrected chi connectivity index (χ0v) is 15.1. The van der Waals surface area contributed by atoms with Gasteiger partial charge in [-0.3, -0.25) is 4.79 Å². The lowest BCUT2D eigenvalue weighted by Crippen LogP contribution is -2.49. The molecule has 3 rings (SSSR count). The lowest BCUT2D eigenvalue weighted by atomic mass is 10.3. The molecule has 0 atom stereocenters. The molecule has 1 aliphatic heterocycles. The zero-order valence-electron chi connectivity index (χ0n) is 13.5. The molecule has 0 aliphatic carbocycles. The number of anilines is 1. The van der Waals surface area contributed by atoms with Gasteiger partial charge in [0.25, 0.3) is 0 Å². The van der Waals surface area contributed by atoms with E-state index in [1.807, 2.05) is 22.1 Å². The third-order valence-corrected chi connectivity index (χ3v) is 5.78. The number of thiazole rings is 1. The number of amides is 1. The van der Waals surface area contributed by atoms with Crippen LogP contribution < -0.4 is 4.90 Å². The van der Waals surface area contributed by atoms with E-state index in [4.69, 9.17) is 9.68 Å². The summed E-state index contributed by atoms with van der Waals surface area (Å²) in [4.78, 5) is 24.6. The molecule has 0 unspecified atom stereocenters. The number of nitriles is 1. The lowest BCUT2D eigenvalue weighted by Gasteiger charge is -2.34. The molecule has 2 aromatic rings. The normalized spacial score (nSPS) is 14.7. The number of aryl methyl sites for hydroxylation is 2. The number of hydrogen-bond acceptors (Lipinski definition) is 8. The van der Waals surface area contributed by atoms with Crippen LogP contribution in [0.4, 0.5) is 5.88 Å². The number of aromatic nitrogens is 2. The number of carbonyl (C=O) groups is 1. The summed E-state index contributed by atoms with van der Waals surface area (Å²) in [6.45, 7) is 6.16. The smallest absolute Gasteiger partial charge is 0.234 e. The van der Waals surface area contributed by atoms with Crippen LogP contribution in [-0.2, 0) is 4.79 Å². The lowest BCUT2D eigenvalue weighted by molar-refractivity contribution is -0.128. The molecule has 24 heavy (non-hydrogen) atoms. The average Bonchev–Trinajstić information content (AvgIpc) is 3.18. The molecule has 3 heterocycles. The van der Waals surface area contributed by atoms with Crippen molar-refractivity contribution < 1.29 is 9.21 Å². The first-order chi connectivity index (χ1) is 11.6. The first-order valence-corrected chi connectivity index (χ1v) is 9.38. The zero-order chi connectivity index (χ0) is 17.1. The van der Waals surface area contributed by atoms with Crippen molar-refractivity contribution in [2.45, 2.75) is 18.2 Å². The highest BCUT2D eigenvalue weighted by molar-refractivity contribution is 8.01. The fraction of sp³-hybridized carbons (Fsp3) is 0.467. The fourth-order valence-electron chi connectivity index (χ4n) is 2.48. The molecule has 9 heteroatoms. The molecule has 0 saturated carbocycles. The van der Waals surface area contributed by atoms with Gasteiger partial charge < -0.3 is 14.2 Å². The van der Waals surface area contributed by atoms with Crippen LogP contribution in [0.3, 0.4) is 0 Å². The van der Waals surface area contributed by atoms with Crippen molar-refractivity contribution in [3.8, 4) is 6.07 Å². The van der Waals surface area contributed by atoms with E-state index in [0.717, 1.165) is 10.0 Å². The molecule has 1 fully saturated rings. The van der Waals surface area contributed by atoms with Crippen molar-refractivity contribution in [2.24, 2.45) is 0 Å². The van der Waals surface area contributed by atoms with Crippen LogP contribution in [0.2, 0.25) is 0 Å². The van der Waals surface area contributed by atoms with Crippen molar-refractivity contribution in [3.05, 3.63) is 22.7 Å². The Labute approximate surface area is 148 Å². The SMILES string of the molecule is Cc1csc(SCC(=O)N2CCN(c3oc(C)nc3C#N)CC2)n1. The number of piperazine rings is 1. The summed E-state index contributed by atoms with van der Waals surface area (Å²) in [5.74, 6) is 1.50. The maximum atomic E-state index is 12.3. The van der Waals surface area contributed by atoms with Gasteiger partial charge in [-0.05, 0) is 6.92 Å². The predicted octanol–water partition coefficient (Wildman–Crippen LogP) is 2.06. The second-order valence-electron chi connectivity index (χ2n) is 5.41. The minimum Gasteiger partial charge on any atom is -0.424 e. The van der Waals surface area contributed by atoms with E-state index in [1.54, 1.807) is 18.3 Å². The van der Waals surface area contributed by atoms with Crippen molar-refractivity contribution in [1.82, 2.24) is 14.9 Å². The number of carbonyl (C=O) groups excluding carboxylic acids is 1.